The second kappa shape index (κ2) is 8.70. The van der Waals surface area contributed by atoms with Gasteiger partial charge in [-0.25, -0.2) is 4.79 Å². The number of fused-ring (bicyclic) bond motifs is 4. The summed E-state index contributed by atoms with van der Waals surface area (Å²) >= 11 is 0. The van der Waals surface area contributed by atoms with E-state index in [0.29, 0.717) is 5.56 Å². The summed E-state index contributed by atoms with van der Waals surface area (Å²) in [4.78, 5) is 17.3. The average Bonchev–Trinajstić information content (AvgIpc) is 3.29. The number of nitrogens with zero attached hydrogens (tertiary/aromatic N) is 1. The summed E-state index contributed by atoms with van der Waals surface area (Å²) in [5.74, 6) is -2.09. The summed E-state index contributed by atoms with van der Waals surface area (Å²) in [5, 5.41) is 0.868. The summed E-state index contributed by atoms with van der Waals surface area (Å²) in [6.07, 6.45) is 4.20. The minimum Gasteiger partial charge on any atom is -0.459 e. The summed E-state index contributed by atoms with van der Waals surface area (Å²) in [6.45, 7) is 9.42. The lowest BCUT2D eigenvalue weighted by Crippen LogP contribution is -2.56. The van der Waals surface area contributed by atoms with Gasteiger partial charge in [-0.1, -0.05) is 31.2 Å². The predicted octanol–water partition coefficient (Wildman–Crippen LogP) is 4.21. The van der Waals surface area contributed by atoms with Gasteiger partial charge in [-0.2, -0.15) is 0 Å². The van der Waals surface area contributed by atoms with Gasteiger partial charge in [-0.3, -0.25) is 4.98 Å². The van der Waals surface area contributed by atoms with E-state index in [4.69, 9.17) is 28.4 Å². The Bertz CT molecular complexity index is 1110. The SMILES string of the molecule is CC/C=C/c1ccc2cc(C(=O)OC[C@H]3O[C@@H]4OC(C)(C)O[C@@H]4[C@H]4OC(C)(C)O[C@H]43)cnc2c1. The highest BCUT2D eigenvalue weighted by Gasteiger charge is 2.60. The van der Waals surface area contributed by atoms with Crippen molar-refractivity contribution in [1.82, 2.24) is 4.98 Å². The quantitative estimate of drug-likeness (QED) is 0.602. The van der Waals surface area contributed by atoms with Crippen molar-refractivity contribution in [2.45, 2.75) is 83.3 Å². The van der Waals surface area contributed by atoms with E-state index < -0.39 is 48.2 Å². The number of hydrogen-bond acceptors (Lipinski definition) is 8. The lowest BCUT2D eigenvalue weighted by atomic mass is 9.99. The highest BCUT2D eigenvalue weighted by atomic mass is 16.9. The first-order valence-electron chi connectivity index (χ1n) is 11.7. The molecule has 0 unspecified atom stereocenters. The van der Waals surface area contributed by atoms with Gasteiger partial charge in [-0.05, 0) is 51.8 Å². The molecule has 3 fully saturated rings. The fraction of sp³-hybridized carbons (Fsp3) is 0.538. The van der Waals surface area contributed by atoms with Gasteiger partial charge in [0.1, 0.15) is 31.0 Å². The van der Waals surface area contributed by atoms with Crippen molar-refractivity contribution >= 4 is 22.9 Å². The molecule has 1 aromatic heterocycles. The smallest absolute Gasteiger partial charge is 0.339 e. The van der Waals surface area contributed by atoms with Crippen molar-refractivity contribution in [1.29, 1.82) is 0 Å². The van der Waals surface area contributed by atoms with Crippen LogP contribution in [0.2, 0.25) is 0 Å². The molecule has 0 aliphatic carbocycles. The Hall–Kier alpha value is -2.36. The third-order valence-corrected chi connectivity index (χ3v) is 6.12. The predicted molar refractivity (Wildman–Crippen MR) is 124 cm³/mol. The molecule has 34 heavy (non-hydrogen) atoms. The summed E-state index contributed by atoms with van der Waals surface area (Å²) in [5.41, 5.74) is 2.27. The number of aromatic nitrogens is 1. The first-order valence-corrected chi connectivity index (χ1v) is 11.7. The van der Waals surface area contributed by atoms with Crippen molar-refractivity contribution in [2.75, 3.05) is 6.61 Å². The van der Waals surface area contributed by atoms with E-state index in [2.05, 4.69) is 24.1 Å². The van der Waals surface area contributed by atoms with Crippen LogP contribution in [0.3, 0.4) is 0 Å². The number of pyridine rings is 1. The Morgan fingerprint density at radius 3 is 2.56 bits per heavy atom. The molecule has 0 bridgehead atoms. The Labute approximate surface area is 199 Å². The van der Waals surface area contributed by atoms with Gasteiger partial charge in [-0.15, -0.1) is 0 Å². The zero-order chi connectivity index (χ0) is 24.1. The molecule has 3 aliphatic heterocycles. The number of carbonyl (C=O) groups excluding carboxylic acids is 1. The van der Waals surface area contributed by atoms with Crippen LogP contribution in [-0.4, -0.2) is 59.8 Å². The molecule has 8 heteroatoms. The second-order valence-corrected chi connectivity index (χ2v) is 9.79. The third kappa shape index (κ3) is 4.61. The van der Waals surface area contributed by atoms with Crippen molar-refractivity contribution < 1.29 is 33.2 Å². The molecule has 4 heterocycles. The van der Waals surface area contributed by atoms with Gasteiger partial charge in [0, 0.05) is 11.6 Å². The molecule has 8 nitrogen and oxygen atoms in total. The lowest BCUT2D eigenvalue weighted by molar-refractivity contribution is -0.240. The van der Waals surface area contributed by atoms with Crippen LogP contribution in [0, 0.1) is 0 Å². The Morgan fingerprint density at radius 1 is 1.03 bits per heavy atom. The molecule has 5 rings (SSSR count). The zero-order valence-electron chi connectivity index (χ0n) is 20.1. The van der Waals surface area contributed by atoms with Crippen molar-refractivity contribution in [3.8, 4) is 0 Å². The Balaban J connectivity index is 1.29. The molecule has 182 valence electrons. The number of allylic oxidation sites excluding steroid dienone is 1. The first-order chi connectivity index (χ1) is 16.1. The van der Waals surface area contributed by atoms with E-state index in [9.17, 15) is 4.79 Å². The molecule has 0 N–H and O–H groups in total. The summed E-state index contributed by atoms with van der Waals surface area (Å²) < 4.78 is 35.8. The van der Waals surface area contributed by atoms with E-state index in [1.807, 2.05) is 45.9 Å². The van der Waals surface area contributed by atoms with Crippen LogP contribution < -0.4 is 0 Å². The number of rotatable bonds is 5. The van der Waals surface area contributed by atoms with Crippen LogP contribution in [0.25, 0.3) is 17.0 Å². The molecule has 5 atom stereocenters. The number of esters is 1. The Kier molecular flexibility index (Phi) is 5.98. The van der Waals surface area contributed by atoms with Crippen LogP contribution in [0.1, 0.15) is 57.0 Å². The molecule has 0 saturated carbocycles. The number of hydrogen-bond donors (Lipinski definition) is 0. The van der Waals surface area contributed by atoms with E-state index in [0.717, 1.165) is 22.9 Å². The molecule has 0 radical (unpaired) electrons. The highest BCUT2D eigenvalue weighted by molar-refractivity contribution is 5.94. The van der Waals surface area contributed by atoms with Crippen molar-refractivity contribution in [2.24, 2.45) is 0 Å². The topological polar surface area (TPSA) is 85.3 Å². The molecular formula is C26H31NO7. The minimum atomic E-state index is -0.806. The van der Waals surface area contributed by atoms with Crippen LogP contribution in [0.4, 0.5) is 0 Å². The molecule has 2 aromatic rings. The van der Waals surface area contributed by atoms with E-state index in [-0.39, 0.29) is 6.61 Å². The van der Waals surface area contributed by atoms with Crippen molar-refractivity contribution in [3.63, 3.8) is 0 Å². The standard InChI is InChI=1S/C26H31NO7/c1-6-7-8-15-9-10-16-12-17(13-27-18(16)11-15)23(28)29-14-19-20-21(32-25(2,3)31-20)22-24(30-19)34-26(4,5)33-22/h7-13,19-22,24H,6,14H2,1-5H3/b8-7+/t19-,20+,21+,22-,24-/m1/s1. The second-order valence-electron chi connectivity index (χ2n) is 9.79. The largest absolute Gasteiger partial charge is 0.459 e. The summed E-state index contributed by atoms with van der Waals surface area (Å²) in [6, 6.07) is 7.73. The molecule has 1 aromatic carbocycles. The average molecular weight is 470 g/mol. The van der Waals surface area contributed by atoms with Crippen LogP contribution >= 0.6 is 0 Å². The zero-order valence-corrected chi connectivity index (χ0v) is 20.1. The third-order valence-electron chi connectivity index (χ3n) is 6.12. The lowest BCUT2D eigenvalue weighted by Gasteiger charge is -2.36. The van der Waals surface area contributed by atoms with Gasteiger partial charge in [0.15, 0.2) is 17.9 Å². The van der Waals surface area contributed by atoms with Gasteiger partial charge in [0.25, 0.3) is 0 Å². The van der Waals surface area contributed by atoms with E-state index in [1.54, 1.807) is 6.07 Å². The van der Waals surface area contributed by atoms with E-state index in [1.165, 1.54) is 6.20 Å². The maximum atomic E-state index is 12.8. The number of ether oxygens (including phenoxy) is 6. The van der Waals surface area contributed by atoms with Crippen LogP contribution in [0.5, 0.6) is 0 Å². The number of carbonyl (C=O) groups is 1. The fourth-order valence-electron chi connectivity index (χ4n) is 4.68. The molecule has 0 amide bonds. The number of benzene rings is 1. The van der Waals surface area contributed by atoms with Crippen LogP contribution in [0.15, 0.2) is 36.5 Å². The van der Waals surface area contributed by atoms with Crippen molar-refractivity contribution in [3.05, 3.63) is 47.7 Å². The summed E-state index contributed by atoms with van der Waals surface area (Å²) in [7, 11) is 0. The molecular weight excluding hydrogens is 438 g/mol. The molecule has 3 aliphatic rings. The van der Waals surface area contributed by atoms with Gasteiger partial charge >= 0.3 is 5.97 Å². The van der Waals surface area contributed by atoms with Gasteiger partial charge in [0.2, 0.25) is 0 Å². The van der Waals surface area contributed by atoms with E-state index >= 15 is 0 Å². The highest BCUT2D eigenvalue weighted by Crippen LogP contribution is 2.44. The fourth-order valence-corrected chi connectivity index (χ4v) is 4.68. The maximum absolute atomic E-state index is 12.8. The normalized spacial score (nSPS) is 31.5. The van der Waals surface area contributed by atoms with Crippen LogP contribution in [-0.2, 0) is 28.4 Å². The minimum absolute atomic E-state index is 0.00869. The first kappa shape index (κ1) is 23.4. The molecule has 0 spiro atoms. The monoisotopic (exact) mass is 469 g/mol. The van der Waals surface area contributed by atoms with Gasteiger partial charge < -0.3 is 28.4 Å². The Morgan fingerprint density at radius 2 is 1.76 bits per heavy atom. The van der Waals surface area contributed by atoms with Gasteiger partial charge in [0.05, 0.1) is 11.1 Å². The molecule has 3 saturated heterocycles. The maximum Gasteiger partial charge on any atom is 0.339 e.